The van der Waals surface area contributed by atoms with Gasteiger partial charge in [0.05, 0.1) is 13.2 Å². The number of hydrogen-bond acceptors (Lipinski definition) is 6. The number of rotatable bonds is 6. The van der Waals surface area contributed by atoms with Crippen molar-refractivity contribution in [3.8, 4) is 0 Å². The molecular weight excluding hydrogens is 318 g/mol. The van der Waals surface area contributed by atoms with E-state index < -0.39 is 0 Å². The molecule has 22 heavy (non-hydrogen) atoms. The summed E-state index contributed by atoms with van der Waals surface area (Å²) in [6.45, 7) is 3.29. The van der Waals surface area contributed by atoms with Crippen LogP contribution in [0.25, 0.3) is 0 Å². The number of nitrogens with zero attached hydrogens (tertiary/aromatic N) is 2. The summed E-state index contributed by atoms with van der Waals surface area (Å²) in [6, 6.07) is 4.13. The SMILES string of the molecule is O=C(CN1CCO[C@H](c2nccs2)C1)NCCc1cccs1. The fourth-order valence-corrected chi connectivity index (χ4v) is 3.81. The molecule has 3 rings (SSSR count). The molecule has 5 nitrogen and oxygen atoms in total. The summed E-state index contributed by atoms with van der Waals surface area (Å²) in [6.07, 6.45) is 2.68. The van der Waals surface area contributed by atoms with E-state index in [-0.39, 0.29) is 12.0 Å². The minimum atomic E-state index is -0.00679. The maximum Gasteiger partial charge on any atom is 0.234 e. The number of aromatic nitrogens is 1. The average molecular weight is 337 g/mol. The molecule has 1 fully saturated rings. The van der Waals surface area contributed by atoms with Crippen molar-refractivity contribution in [1.29, 1.82) is 0 Å². The maximum atomic E-state index is 12.0. The molecule has 0 radical (unpaired) electrons. The summed E-state index contributed by atoms with van der Waals surface area (Å²) in [5, 5.41) is 7.99. The highest BCUT2D eigenvalue weighted by atomic mass is 32.1. The molecule has 1 atom stereocenters. The molecule has 3 heterocycles. The van der Waals surface area contributed by atoms with E-state index in [4.69, 9.17) is 4.74 Å². The van der Waals surface area contributed by atoms with Crippen LogP contribution in [0.15, 0.2) is 29.1 Å². The van der Waals surface area contributed by atoms with E-state index in [0.717, 1.165) is 24.5 Å². The number of carbonyl (C=O) groups excluding carboxylic acids is 1. The van der Waals surface area contributed by atoms with Crippen molar-refractivity contribution in [2.75, 3.05) is 32.8 Å². The molecular formula is C15H19N3O2S2. The Morgan fingerprint density at radius 3 is 3.18 bits per heavy atom. The number of carbonyl (C=O) groups is 1. The van der Waals surface area contributed by atoms with Gasteiger partial charge in [-0.2, -0.15) is 0 Å². The van der Waals surface area contributed by atoms with E-state index in [9.17, 15) is 4.79 Å². The standard InChI is InChI=1S/C15H19N3O2S2/c19-14(16-4-3-12-2-1-8-21-12)11-18-6-7-20-13(10-18)15-17-5-9-22-15/h1-2,5,8-9,13H,3-4,6-7,10-11H2,(H,16,19)/t13-/m0/s1. The van der Waals surface area contributed by atoms with Gasteiger partial charge in [-0.25, -0.2) is 4.98 Å². The highest BCUT2D eigenvalue weighted by molar-refractivity contribution is 7.10. The van der Waals surface area contributed by atoms with Crippen molar-refractivity contribution in [2.24, 2.45) is 0 Å². The number of thiophene rings is 1. The second-order valence-corrected chi connectivity index (χ2v) is 7.10. The molecule has 0 spiro atoms. The summed E-state index contributed by atoms with van der Waals surface area (Å²) in [5.74, 6) is 0.0799. The van der Waals surface area contributed by atoms with Gasteiger partial charge in [0.15, 0.2) is 0 Å². The smallest absolute Gasteiger partial charge is 0.234 e. The molecule has 1 N–H and O–H groups in total. The van der Waals surface area contributed by atoms with E-state index in [0.29, 0.717) is 19.7 Å². The molecule has 7 heteroatoms. The second kappa shape index (κ2) is 7.82. The van der Waals surface area contributed by atoms with Gasteiger partial charge in [-0.3, -0.25) is 9.69 Å². The van der Waals surface area contributed by atoms with Crippen molar-refractivity contribution < 1.29 is 9.53 Å². The lowest BCUT2D eigenvalue weighted by atomic mass is 10.2. The summed E-state index contributed by atoms with van der Waals surface area (Å²) in [5.41, 5.74) is 0. The number of ether oxygens (including phenoxy) is 1. The molecule has 0 bridgehead atoms. The molecule has 1 saturated heterocycles. The highest BCUT2D eigenvalue weighted by Crippen LogP contribution is 2.23. The molecule has 2 aromatic rings. The molecule has 0 saturated carbocycles. The molecule has 0 aliphatic carbocycles. The third-order valence-corrected chi connectivity index (χ3v) is 5.32. The lowest BCUT2D eigenvalue weighted by Gasteiger charge is -2.31. The molecule has 1 amide bonds. The van der Waals surface area contributed by atoms with Crippen LogP contribution in [-0.4, -0.2) is 48.6 Å². The summed E-state index contributed by atoms with van der Waals surface area (Å²) < 4.78 is 5.74. The van der Waals surface area contributed by atoms with Crippen LogP contribution in [0.4, 0.5) is 0 Å². The molecule has 1 aliphatic heterocycles. The van der Waals surface area contributed by atoms with Gasteiger partial charge < -0.3 is 10.1 Å². The van der Waals surface area contributed by atoms with Crippen LogP contribution in [0.1, 0.15) is 16.0 Å². The Morgan fingerprint density at radius 1 is 1.45 bits per heavy atom. The lowest BCUT2D eigenvalue weighted by molar-refractivity contribution is -0.124. The van der Waals surface area contributed by atoms with Crippen LogP contribution < -0.4 is 5.32 Å². The van der Waals surface area contributed by atoms with Gasteiger partial charge in [-0.1, -0.05) is 6.07 Å². The zero-order valence-corrected chi connectivity index (χ0v) is 13.9. The van der Waals surface area contributed by atoms with Crippen LogP contribution in [0.5, 0.6) is 0 Å². The first-order valence-corrected chi connectivity index (χ1v) is 9.09. The van der Waals surface area contributed by atoms with Crippen LogP contribution in [-0.2, 0) is 16.0 Å². The zero-order valence-electron chi connectivity index (χ0n) is 12.2. The quantitative estimate of drug-likeness (QED) is 0.875. The van der Waals surface area contributed by atoms with Crippen molar-refractivity contribution >= 4 is 28.6 Å². The third kappa shape index (κ3) is 4.36. The van der Waals surface area contributed by atoms with E-state index in [2.05, 4.69) is 26.6 Å². The number of morpholine rings is 1. The fraction of sp³-hybridized carbons (Fsp3) is 0.467. The second-order valence-electron chi connectivity index (χ2n) is 5.14. The normalized spacial score (nSPS) is 19.2. The van der Waals surface area contributed by atoms with E-state index in [1.165, 1.54) is 4.88 Å². The maximum absolute atomic E-state index is 12.0. The Hall–Kier alpha value is -1.28. The van der Waals surface area contributed by atoms with Crippen molar-refractivity contribution in [3.05, 3.63) is 39.0 Å². The largest absolute Gasteiger partial charge is 0.368 e. The molecule has 1 aliphatic rings. The van der Waals surface area contributed by atoms with Gasteiger partial charge in [-0.15, -0.1) is 22.7 Å². The predicted octanol–water partition coefficient (Wildman–Crippen LogP) is 1.94. The molecule has 0 aromatic carbocycles. The first kappa shape index (κ1) is 15.6. The van der Waals surface area contributed by atoms with Crippen molar-refractivity contribution in [2.45, 2.75) is 12.5 Å². The average Bonchev–Trinajstić information content (AvgIpc) is 3.21. The van der Waals surface area contributed by atoms with Gasteiger partial charge in [0, 0.05) is 36.1 Å². The van der Waals surface area contributed by atoms with Crippen LogP contribution in [0, 0.1) is 0 Å². The Balaban J connectivity index is 1.41. The predicted molar refractivity (Wildman–Crippen MR) is 88.3 cm³/mol. The number of nitrogens with one attached hydrogen (secondary N) is 1. The van der Waals surface area contributed by atoms with E-state index >= 15 is 0 Å². The molecule has 118 valence electrons. The van der Waals surface area contributed by atoms with Gasteiger partial charge >= 0.3 is 0 Å². The Bertz CT molecular complexity index is 572. The first-order valence-electron chi connectivity index (χ1n) is 7.33. The number of hydrogen-bond donors (Lipinski definition) is 1. The number of amides is 1. The third-order valence-electron chi connectivity index (χ3n) is 3.52. The lowest BCUT2D eigenvalue weighted by Crippen LogP contribution is -2.44. The van der Waals surface area contributed by atoms with E-state index in [1.54, 1.807) is 28.9 Å². The summed E-state index contributed by atoms with van der Waals surface area (Å²) >= 11 is 3.33. The van der Waals surface area contributed by atoms with Gasteiger partial charge in [0.1, 0.15) is 11.1 Å². The topological polar surface area (TPSA) is 54.5 Å². The first-order chi connectivity index (χ1) is 10.8. The summed E-state index contributed by atoms with van der Waals surface area (Å²) in [7, 11) is 0. The van der Waals surface area contributed by atoms with Gasteiger partial charge in [0.25, 0.3) is 0 Å². The van der Waals surface area contributed by atoms with Gasteiger partial charge in [-0.05, 0) is 17.9 Å². The van der Waals surface area contributed by atoms with Gasteiger partial charge in [0.2, 0.25) is 5.91 Å². The Kier molecular flexibility index (Phi) is 5.55. The molecule has 2 aromatic heterocycles. The number of thiazole rings is 1. The summed E-state index contributed by atoms with van der Waals surface area (Å²) in [4.78, 5) is 19.8. The van der Waals surface area contributed by atoms with Crippen molar-refractivity contribution in [3.63, 3.8) is 0 Å². The zero-order chi connectivity index (χ0) is 15.2. The van der Waals surface area contributed by atoms with Crippen LogP contribution >= 0.6 is 22.7 Å². The Morgan fingerprint density at radius 2 is 2.41 bits per heavy atom. The van der Waals surface area contributed by atoms with Crippen molar-refractivity contribution in [1.82, 2.24) is 15.2 Å². The Labute approximate surface area is 137 Å². The van der Waals surface area contributed by atoms with Crippen LogP contribution in [0.2, 0.25) is 0 Å². The minimum Gasteiger partial charge on any atom is -0.368 e. The monoisotopic (exact) mass is 337 g/mol. The van der Waals surface area contributed by atoms with E-state index in [1.807, 2.05) is 11.4 Å². The van der Waals surface area contributed by atoms with Crippen LogP contribution in [0.3, 0.4) is 0 Å². The molecule has 0 unspecified atom stereocenters. The fourth-order valence-electron chi connectivity index (χ4n) is 2.43. The minimum absolute atomic E-state index is 0.00679. The highest BCUT2D eigenvalue weighted by Gasteiger charge is 2.24.